The molecule has 0 amide bonds. The molecule has 3 heterocycles. The maximum Gasteiger partial charge on any atom is 0.151 e. The molecule has 86 valence electrons. The number of carbonyl (C=O) groups excluding carboxylic acids is 1. The van der Waals surface area contributed by atoms with Crippen LogP contribution in [0.2, 0.25) is 0 Å². The van der Waals surface area contributed by atoms with Crippen molar-refractivity contribution in [2.45, 2.75) is 44.2 Å². The Morgan fingerprint density at radius 3 is 2.56 bits per heavy atom. The van der Waals surface area contributed by atoms with Crippen LogP contribution in [-0.2, 0) is 11.8 Å². The second kappa shape index (κ2) is 3.61. The Morgan fingerprint density at radius 2 is 2.00 bits per heavy atom. The minimum absolute atomic E-state index is 0.398. The second-order valence-electron chi connectivity index (χ2n) is 4.94. The maximum absolute atomic E-state index is 11.6. The van der Waals surface area contributed by atoms with Gasteiger partial charge >= 0.3 is 0 Å². The number of nitrogens with zero attached hydrogens (tertiary/aromatic N) is 3. The van der Waals surface area contributed by atoms with Gasteiger partial charge in [0.15, 0.2) is 5.82 Å². The van der Waals surface area contributed by atoms with E-state index in [9.17, 15) is 4.79 Å². The summed E-state index contributed by atoms with van der Waals surface area (Å²) in [6, 6.07) is 2.85. The lowest BCUT2D eigenvalue weighted by molar-refractivity contribution is -0.121. The summed E-state index contributed by atoms with van der Waals surface area (Å²) in [5.41, 5.74) is 0. The van der Waals surface area contributed by atoms with Crippen LogP contribution in [0.1, 0.15) is 32.1 Å². The molecule has 4 heteroatoms. The Morgan fingerprint density at radius 1 is 1.31 bits per heavy atom. The van der Waals surface area contributed by atoms with E-state index in [2.05, 4.69) is 16.1 Å². The number of anilines is 1. The van der Waals surface area contributed by atoms with Crippen molar-refractivity contribution in [3.05, 3.63) is 12.3 Å². The summed E-state index contributed by atoms with van der Waals surface area (Å²) in [7, 11) is 1.94. The molecule has 1 aromatic heterocycles. The molecule has 2 aliphatic heterocycles. The van der Waals surface area contributed by atoms with Crippen LogP contribution < -0.4 is 4.90 Å². The van der Waals surface area contributed by atoms with Crippen LogP contribution in [-0.4, -0.2) is 27.6 Å². The number of carbonyl (C=O) groups is 1. The van der Waals surface area contributed by atoms with E-state index >= 15 is 0 Å². The molecule has 0 aromatic carbocycles. The lowest BCUT2D eigenvalue weighted by Gasteiger charge is -2.45. The van der Waals surface area contributed by atoms with Crippen molar-refractivity contribution in [1.29, 1.82) is 0 Å². The molecule has 1 aromatic rings. The Hall–Kier alpha value is -1.32. The van der Waals surface area contributed by atoms with Gasteiger partial charge in [-0.05, 0) is 19.3 Å². The van der Waals surface area contributed by atoms with Crippen molar-refractivity contribution >= 4 is 11.6 Å². The molecule has 2 bridgehead atoms. The van der Waals surface area contributed by atoms with Crippen LogP contribution in [0, 0.1) is 0 Å². The van der Waals surface area contributed by atoms with Gasteiger partial charge in [-0.3, -0.25) is 9.48 Å². The van der Waals surface area contributed by atoms with Crippen molar-refractivity contribution in [3.63, 3.8) is 0 Å². The summed E-state index contributed by atoms with van der Waals surface area (Å²) in [5, 5.41) is 4.47. The minimum atomic E-state index is 0.398. The quantitative estimate of drug-likeness (QED) is 0.718. The fraction of sp³-hybridized carbons (Fsp3) is 0.667. The lowest BCUT2D eigenvalue weighted by Crippen LogP contribution is -2.52. The highest BCUT2D eigenvalue weighted by atomic mass is 16.1. The third-order valence-electron chi connectivity index (χ3n) is 3.75. The molecule has 3 rings (SSSR count). The third kappa shape index (κ3) is 1.52. The highest BCUT2D eigenvalue weighted by Gasteiger charge is 2.38. The van der Waals surface area contributed by atoms with Gasteiger partial charge in [0.1, 0.15) is 5.78 Å². The average Bonchev–Trinajstić information content (AvgIpc) is 2.63. The predicted molar refractivity (Wildman–Crippen MR) is 61.4 cm³/mol. The number of aryl methyl sites for hydroxylation is 1. The van der Waals surface area contributed by atoms with Crippen LogP contribution in [0.3, 0.4) is 0 Å². The van der Waals surface area contributed by atoms with Crippen molar-refractivity contribution in [3.8, 4) is 0 Å². The standard InChI is InChI=1S/C12H17N3O/c1-14-6-5-12(13-14)15-9-3-2-4-10(15)8-11(16)7-9/h5-6,9-10H,2-4,7-8H2,1H3. The zero-order valence-corrected chi connectivity index (χ0v) is 9.59. The summed E-state index contributed by atoms with van der Waals surface area (Å²) in [4.78, 5) is 14.0. The smallest absolute Gasteiger partial charge is 0.151 e. The number of Topliss-reactive ketones (excluding diaryl/α,β-unsaturated/α-hetero) is 1. The third-order valence-corrected chi connectivity index (χ3v) is 3.75. The number of fused-ring (bicyclic) bond motifs is 2. The molecule has 0 N–H and O–H groups in total. The number of ketones is 1. The summed E-state index contributed by atoms with van der Waals surface area (Å²) in [6.07, 6.45) is 6.94. The largest absolute Gasteiger partial charge is 0.348 e. The average molecular weight is 219 g/mol. The number of hydrogen-bond donors (Lipinski definition) is 0. The molecular formula is C12H17N3O. The SMILES string of the molecule is Cn1ccc(N2C3CCCC2CC(=O)C3)n1. The maximum atomic E-state index is 11.6. The molecule has 0 saturated carbocycles. The van der Waals surface area contributed by atoms with Crippen molar-refractivity contribution in [2.24, 2.45) is 7.05 Å². The minimum Gasteiger partial charge on any atom is -0.348 e. The van der Waals surface area contributed by atoms with E-state index in [1.165, 1.54) is 6.42 Å². The predicted octanol–water partition coefficient (Wildman–Crippen LogP) is 1.51. The number of piperidine rings is 2. The lowest BCUT2D eigenvalue weighted by atomic mass is 9.84. The van der Waals surface area contributed by atoms with Gasteiger partial charge in [0.05, 0.1) is 0 Å². The van der Waals surface area contributed by atoms with Crippen LogP contribution in [0.15, 0.2) is 12.3 Å². The molecule has 2 aliphatic rings. The van der Waals surface area contributed by atoms with E-state index < -0.39 is 0 Å². The van der Waals surface area contributed by atoms with Crippen LogP contribution >= 0.6 is 0 Å². The van der Waals surface area contributed by atoms with Crippen LogP contribution in [0.25, 0.3) is 0 Å². The van der Waals surface area contributed by atoms with Gasteiger partial charge < -0.3 is 4.90 Å². The van der Waals surface area contributed by atoms with Crippen molar-refractivity contribution in [2.75, 3.05) is 4.90 Å². The van der Waals surface area contributed by atoms with Crippen molar-refractivity contribution < 1.29 is 4.79 Å². The number of rotatable bonds is 1. The fourth-order valence-corrected chi connectivity index (χ4v) is 3.09. The van der Waals surface area contributed by atoms with Crippen LogP contribution in [0.4, 0.5) is 5.82 Å². The molecule has 2 atom stereocenters. The van der Waals surface area contributed by atoms with Gasteiger partial charge in [0.2, 0.25) is 0 Å². The zero-order valence-electron chi connectivity index (χ0n) is 9.59. The van der Waals surface area contributed by atoms with E-state index in [1.807, 2.05) is 17.9 Å². The highest BCUT2D eigenvalue weighted by Crippen LogP contribution is 2.35. The monoisotopic (exact) mass is 219 g/mol. The summed E-state index contributed by atoms with van der Waals surface area (Å²) < 4.78 is 1.83. The summed E-state index contributed by atoms with van der Waals surface area (Å²) in [6.45, 7) is 0. The van der Waals surface area contributed by atoms with Gasteiger partial charge in [-0.1, -0.05) is 0 Å². The van der Waals surface area contributed by atoms with Gasteiger partial charge in [0, 0.05) is 44.2 Å². The molecule has 0 aliphatic carbocycles. The van der Waals surface area contributed by atoms with Crippen molar-refractivity contribution in [1.82, 2.24) is 9.78 Å². The Bertz CT molecular complexity index is 396. The fourth-order valence-electron chi connectivity index (χ4n) is 3.09. The molecule has 2 saturated heterocycles. The first-order valence-corrected chi connectivity index (χ1v) is 6.04. The molecule has 16 heavy (non-hydrogen) atoms. The van der Waals surface area contributed by atoms with E-state index in [4.69, 9.17) is 0 Å². The zero-order chi connectivity index (χ0) is 11.1. The topological polar surface area (TPSA) is 38.1 Å². The molecular weight excluding hydrogens is 202 g/mol. The normalized spacial score (nSPS) is 29.6. The van der Waals surface area contributed by atoms with Gasteiger partial charge in [-0.15, -0.1) is 0 Å². The Labute approximate surface area is 95.2 Å². The first-order chi connectivity index (χ1) is 7.74. The molecule has 2 unspecified atom stereocenters. The highest BCUT2D eigenvalue weighted by molar-refractivity contribution is 5.82. The number of hydrogen-bond acceptors (Lipinski definition) is 3. The van der Waals surface area contributed by atoms with Gasteiger partial charge in [0.25, 0.3) is 0 Å². The Balaban J connectivity index is 1.91. The molecule has 0 radical (unpaired) electrons. The van der Waals surface area contributed by atoms with Gasteiger partial charge in [-0.2, -0.15) is 5.10 Å². The van der Waals surface area contributed by atoms with E-state index in [0.717, 1.165) is 18.7 Å². The summed E-state index contributed by atoms with van der Waals surface area (Å²) in [5.74, 6) is 1.48. The van der Waals surface area contributed by atoms with E-state index in [0.29, 0.717) is 30.7 Å². The number of aromatic nitrogens is 2. The first kappa shape index (κ1) is 9.87. The Kier molecular flexibility index (Phi) is 2.23. The van der Waals surface area contributed by atoms with Gasteiger partial charge in [-0.25, -0.2) is 0 Å². The molecule has 2 fully saturated rings. The molecule has 0 spiro atoms. The summed E-state index contributed by atoms with van der Waals surface area (Å²) >= 11 is 0. The van der Waals surface area contributed by atoms with E-state index in [1.54, 1.807) is 0 Å². The van der Waals surface area contributed by atoms with Crippen LogP contribution in [0.5, 0.6) is 0 Å². The second-order valence-corrected chi connectivity index (χ2v) is 4.94. The van der Waals surface area contributed by atoms with E-state index in [-0.39, 0.29) is 0 Å². The molecule has 4 nitrogen and oxygen atoms in total. The first-order valence-electron chi connectivity index (χ1n) is 6.04.